The molecule has 100 valence electrons. The highest BCUT2D eigenvalue weighted by Gasteiger charge is 2.39. The van der Waals surface area contributed by atoms with Crippen molar-refractivity contribution < 1.29 is 9.90 Å². The minimum Gasteiger partial charge on any atom is -0.396 e. The van der Waals surface area contributed by atoms with Crippen molar-refractivity contribution in [2.24, 2.45) is 5.41 Å². The smallest absolute Gasteiger partial charge is 0.227 e. The van der Waals surface area contributed by atoms with Crippen LogP contribution in [0.2, 0.25) is 0 Å². The number of amides is 1. The van der Waals surface area contributed by atoms with Gasteiger partial charge in [0, 0.05) is 19.7 Å². The lowest BCUT2D eigenvalue weighted by Gasteiger charge is -2.26. The topological polar surface area (TPSA) is 61.4 Å². The molecule has 17 heavy (non-hydrogen) atoms. The number of aliphatic hydroxyl groups is 1. The monoisotopic (exact) mass is 242 g/mol. The van der Waals surface area contributed by atoms with Gasteiger partial charge in [-0.1, -0.05) is 13.3 Å². The fourth-order valence-electron chi connectivity index (χ4n) is 2.55. The Balaban J connectivity index is 2.28. The van der Waals surface area contributed by atoms with E-state index in [1.165, 1.54) is 0 Å². The molecule has 0 saturated carbocycles. The third-order valence-corrected chi connectivity index (χ3v) is 3.57. The molecular weight excluding hydrogens is 216 g/mol. The number of hydrogen-bond donors (Lipinski definition) is 3. The summed E-state index contributed by atoms with van der Waals surface area (Å²) in [4.78, 5) is 12.2. The largest absolute Gasteiger partial charge is 0.396 e. The van der Waals surface area contributed by atoms with E-state index in [0.29, 0.717) is 0 Å². The van der Waals surface area contributed by atoms with Crippen molar-refractivity contribution >= 4 is 5.91 Å². The second-order valence-electron chi connectivity index (χ2n) is 5.00. The van der Waals surface area contributed by atoms with Crippen molar-refractivity contribution in [1.82, 2.24) is 10.6 Å². The summed E-state index contributed by atoms with van der Waals surface area (Å²) in [6.45, 7) is 4.90. The zero-order chi connectivity index (χ0) is 12.6. The van der Waals surface area contributed by atoms with Crippen LogP contribution in [0.25, 0.3) is 0 Å². The number of carbonyl (C=O) groups excluding carboxylic acids is 1. The third-order valence-electron chi connectivity index (χ3n) is 3.57. The molecule has 4 heteroatoms. The van der Waals surface area contributed by atoms with Crippen LogP contribution in [0.5, 0.6) is 0 Å². The molecule has 1 rings (SSSR count). The number of hydrogen-bond acceptors (Lipinski definition) is 3. The minimum absolute atomic E-state index is 0.161. The van der Waals surface area contributed by atoms with E-state index < -0.39 is 0 Å². The predicted molar refractivity (Wildman–Crippen MR) is 68.8 cm³/mol. The van der Waals surface area contributed by atoms with Gasteiger partial charge < -0.3 is 15.7 Å². The van der Waals surface area contributed by atoms with Gasteiger partial charge in [-0.3, -0.25) is 4.79 Å². The van der Waals surface area contributed by atoms with Crippen LogP contribution >= 0.6 is 0 Å². The van der Waals surface area contributed by atoms with Gasteiger partial charge in [-0.05, 0) is 38.6 Å². The lowest BCUT2D eigenvalue weighted by molar-refractivity contribution is -0.130. The molecule has 1 saturated heterocycles. The van der Waals surface area contributed by atoms with Gasteiger partial charge in [0.2, 0.25) is 5.91 Å². The van der Waals surface area contributed by atoms with E-state index in [2.05, 4.69) is 17.6 Å². The molecular formula is C13H26N2O2. The Hall–Kier alpha value is -0.610. The second-order valence-corrected chi connectivity index (χ2v) is 5.00. The Morgan fingerprint density at radius 2 is 2.24 bits per heavy atom. The van der Waals surface area contributed by atoms with Gasteiger partial charge in [-0.15, -0.1) is 0 Å². The quantitative estimate of drug-likeness (QED) is 0.557. The van der Waals surface area contributed by atoms with Crippen molar-refractivity contribution in [2.45, 2.75) is 45.4 Å². The Morgan fingerprint density at radius 1 is 1.41 bits per heavy atom. The van der Waals surface area contributed by atoms with E-state index in [1.54, 1.807) is 0 Å². The number of carbonyl (C=O) groups is 1. The van der Waals surface area contributed by atoms with Gasteiger partial charge in [0.05, 0.1) is 5.41 Å². The molecule has 0 spiro atoms. The first-order valence-corrected chi connectivity index (χ1v) is 6.85. The second kappa shape index (κ2) is 7.67. The molecule has 0 bridgehead atoms. The molecule has 1 heterocycles. The standard InChI is InChI=1S/C13H26N2O2/c1-2-6-13(7-9-14-11-13)12(17)15-8-4-3-5-10-16/h14,16H,2-11H2,1H3,(H,15,17). The van der Waals surface area contributed by atoms with Gasteiger partial charge >= 0.3 is 0 Å². The fraction of sp³-hybridized carbons (Fsp3) is 0.923. The first-order valence-electron chi connectivity index (χ1n) is 6.85. The number of rotatable bonds is 8. The van der Waals surface area contributed by atoms with Crippen LogP contribution in [0.3, 0.4) is 0 Å². The van der Waals surface area contributed by atoms with Gasteiger partial charge in [-0.2, -0.15) is 0 Å². The average molecular weight is 242 g/mol. The maximum absolute atomic E-state index is 12.2. The minimum atomic E-state index is -0.161. The molecule has 0 aromatic rings. The van der Waals surface area contributed by atoms with Crippen LogP contribution in [0.15, 0.2) is 0 Å². The lowest BCUT2D eigenvalue weighted by Crippen LogP contribution is -2.42. The molecule has 1 aliphatic rings. The van der Waals surface area contributed by atoms with E-state index in [0.717, 1.165) is 58.2 Å². The van der Waals surface area contributed by atoms with E-state index in [9.17, 15) is 4.79 Å². The Morgan fingerprint density at radius 3 is 2.82 bits per heavy atom. The molecule has 0 radical (unpaired) electrons. The highest BCUT2D eigenvalue weighted by Crippen LogP contribution is 2.31. The van der Waals surface area contributed by atoms with Gasteiger partial charge in [-0.25, -0.2) is 0 Å². The summed E-state index contributed by atoms with van der Waals surface area (Å²) in [5.41, 5.74) is -0.161. The summed E-state index contributed by atoms with van der Waals surface area (Å²) in [6, 6.07) is 0. The number of aliphatic hydroxyl groups excluding tert-OH is 1. The van der Waals surface area contributed by atoms with Gasteiger partial charge in [0.25, 0.3) is 0 Å². The zero-order valence-corrected chi connectivity index (χ0v) is 10.9. The zero-order valence-electron chi connectivity index (χ0n) is 10.9. The Bertz CT molecular complexity index is 225. The Kier molecular flexibility index (Phi) is 6.52. The molecule has 3 N–H and O–H groups in total. The lowest BCUT2D eigenvalue weighted by atomic mass is 9.81. The molecule has 1 fully saturated rings. The molecule has 1 aliphatic heterocycles. The predicted octanol–water partition coefficient (Wildman–Crippen LogP) is 1.04. The van der Waals surface area contributed by atoms with Crippen molar-refractivity contribution in [2.75, 3.05) is 26.2 Å². The highest BCUT2D eigenvalue weighted by molar-refractivity contribution is 5.83. The first kappa shape index (κ1) is 14.5. The van der Waals surface area contributed by atoms with E-state index in [1.807, 2.05) is 0 Å². The molecule has 1 atom stereocenters. The van der Waals surface area contributed by atoms with Gasteiger partial charge in [0.15, 0.2) is 0 Å². The van der Waals surface area contributed by atoms with Crippen LogP contribution in [0, 0.1) is 5.41 Å². The first-order chi connectivity index (χ1) is 8.25. The van der Waals surface area contributed by atoms with Crippen LogP contribution in [0.4, 0.5) is 0 Å². The average Bonchev–Trinajstić information content (AvgIpc) is 2.79. The summed E-state index contributed by atoms with van der Waals surface area (Å²) in [5.74, 6) is 0.216. The Labute approximate surface area is 104 Å². The molecule has 4 nitrogen and oxygen atoms in total. The van der Waals surface area contributed by atoms with Crippen LogP contribution in [-0.4, -0.2) is 37.3 Å². The van der Waals surface area contributed by atoms with Crippen molar-refractivity contribution in [1.29, 1.82) is 0 Å². The maximum Gasteiger partial charge on any atom is 0.227 e. The summed E-state index contributed by atoms with van der Waals surface area (Å²) in [6.07, 6.45) is 5.76. The highest BCUT2D eigenvalue weighted by atomic mass is 16.2. The molecule has 1 unspecified atom stereocenters. The van der Waals surface area contributed by atoms with Crippen molar-refractivity contribution in [3.05, 3.63) is 0 Å². The van der Waals surface area contributed by atoms with Gasteiger partial charge in [0.1, 0.15) is 0 Å². The molecule has 0 aromatic heterocycles. The summed E-state index contributed by atoms with van der Waals surface area (Å²) in [5, 5.41) is 15.0. The summed E-state index contributed by atoms with van der Waals surface area (Å²) >= 11 is 0. The van der Waals surface area contributed by atoms with Crippen molar-refractivity contribution in [3.63, 3.8) is 0 Å². The molecule has 0 aromatic carbocycles. The van der Waals surface area contributed by atoms with E-state index >= 15 is 0 Å². The number of unbranched alkanes of at least 4 members (excludes halogenated alkanes) is 2. The molecule has 0 aliphatic carbocycles. The van der Waals surface area contributed by atoms with Crippen molar-refractivity contribution in [3.8, 4) is 0 Å². The van der Waals surface area contributed by atoms with E-state index in [4.69, 9.17) is 5.11 Å². The van der Waals surface area contributed by atoms with Crippen LogP contribution < -0.4 is 10.6 Å². The SMILES string of the molecule is CCCC1(C(=O)NCCCCCO)CCNC1. The number of nitrogens with one attached hydrogen (secondary N) is 2. The fourth-order valence-corrected chi connectivity index (χ4v) is 2.55. The maximum atomic E-state index is 12.2. The third kappa shape index (κ3) is 4.28. The molecule has 1 amide bonds. The van der Waals surface area contributed by atoms with E-state index in [-0.39, 0.29) is 17.9 Å². The summed E-state index contributed by atoms with van der Waals surface area (Å²) < 4.78 is 0. The van der Waals surface area contributed by atoms with Crippen LogP contribution in [0.1, 0.15) is 45.4 Å². The van der Waals surface area contributed by atoms with Crippen LogP contribution in [-0.2, 0) is 4.79 Å². The normalized spacial score (nSPS) is 23.9. The summed E-state index contributed by atoms with van der Waals surface area (Å²) in [7, 11) is 0.